The van der Waals surface area contributed by atoms with E-state index in [1.807, 2.05) is 24.3 Å². The highest BCUT2D eigenvalue weighted by Gasteiger charge is 2.20. The number of nitrogens with one attached hydrogen (secondary N) is 1. The van der Waals surface area contributed by atoms with E-state index in [-0.39, 0.29) is 0 Å². The first-order valence-corrected chi connectivity index (χ1v) is 8.27. The minimum atomic E-state index is 0.697. The van der Waals surface area contributed by atoms with Crippen LogP contribution in [0.3, 0.4) is 0 Å². The van der Waals surface area contributed by atoms with Crippen molar-refractivity contribution in [2.24, 2.45) is 0 Å². The second kappa shape index (κ2) is 6.80. The summed E-state index contributed by atoms with van der Waals surface area (Å²) < 4.78 is 0. The lowest BCUT2D eigenvalue weighted by Crippen LogP contribution is -2.15. The zero-order valence-electron chi connectivity index (χ0n) is 11.9. The molecule has 1 fully saturated rings. The molecule has 0 atom stereocenters. The van der Waals surface area contributed by atoms with Crippen molar-refractivity contribution in [3.63, 3.8) is 0 Å². The molecule has 0 aliphatic heterocycles. The maximum Gasteiger partial charge on any atom is 0.100 e. The van der Waals surface area contributed by atoms with Crippen molar-refractivity contribution in [3.05, 3.63) is 65.2 Å². The van der Waals surface area contributed by atoms with Crippen LogP contribution >= 0.6 is 11.8 Å². The van der Waals surface area contributed by atoms with Crippen LogP contribution in [0.25, 0.3) is 0 Å². The average molecular weight is 294 g/mol. The third-order valence-corrected chi connectivity index (χ3v) is 4.72. The fraction of sp³-hybridized carbons (Fsp3) is 0.278. The van der Waals surface area contributed by atoms with Gasteiger partial charge in [0.1, 0.15) is 6.07 Å². The van der Waals surface area contributed by atoms with Crippen molar-refractivity contribution in [1.82, 2.24) is 5.32 Å². The Bertz CT molecular complexity index is 642. The van der Waals surface area contributed by atoms with Crippen LogP contribution in [0.4, 0.5) is 0 Å². The number of rotatable bonds is 6. The highest BCUT2D eigenvalue weighted by Crippen LogP contribution is 2.27. The fourth-order valence-corrected chi connectivity index (χ4v) is 3.12. The largest absolute Gasteiger partial charge is 0.310 e. The van der Waals surface area contributed by atoms with Crippen molar-refractivity contribution >= 4 is 11.8 Å². The molecule has 2 nitrogen and oxygen atoms in total. The van der Waals surface area contributed by atoms with Gasteiger partial charge in [0.25, 0.3) is 0 Å². The van der Waals surface area contributed by atoms with Crippen LogP contribution in [0.5, 0.6) is 0 Å². The molecule has 0 saturated heterocycles. The normalized spacial score (nSPS) is 13.9. The molecule has 0 heterocycles. The molecule has 0 amide bonds. The second-order valence-corrected chi connectivity index (χ2v) is 6.39. The first-order chi connectivity index (χ1) is 10.3. The Morgan fingerprint density at radius 1 is 1.10 bits per heavy atom. The van der Waals surface area contributed by atoms with Crippen LogP contribution < -0.4 is 5.32 Å². The van der Waals surface area contributed by atoms with Crippen molar-refractivity contribution < 1.29 is 0 Å². The van der Waals surface area contributed by atoms with Crippen LogP contribution in [-0.2, 0) is 12.3 Å². The second-order valence-electron chi connectivity index (χ2n) is 5.37. The SMILES string of the molecule is N#Cc1cc(CNC2CC2)ccc1SCc1ccccc1. The summed E-state index contributed by atoms with van der Waals surface area (Å²) >= 11 is 1.73. The van der Waals surface area contributed by atoms with E-state index >= 15 is 0 Å². The first-order valence-electron chi connectivity index (χ1n) is 7.28. The zero-order valence-corrected chi connectivity index (χ0v) is 12.7. The smallest absolute Gasteiger partial charge is 0.100 e. The predicted octanol–water partition coefficient (Wildman–Crippen LogP) is 4.10. The highest BCUT2D eigenvalue weighted by atomic mass is 32.2. The van der Waals surface area contributed by atoms with Gasteiger partial charge < -0.3 is 5.32 Å². The van der Waals surface area contributed by atoms with Gasteiger partial charge in [0.15, 0.2) is 0 Å². The molecule has 1 aliphatic carbocycles. The maximum atomic E-state index is 9.35. The monoisotopic (exact) mass is 294 g/mol. The van der Waals surface area contributed by atoms with E-state index in [2.05, 4.69) is 35.7 Å². The van der Waals surface area contributed by atoms with Crippen molar-refractivity contribution in [3.8, 4) is 6.07 Å². The van der Waals surface area contributed by atoms with Crippen LogP contribution in [0.2, 0.25) is 0 Å². The number of nitriles is 1. The van der Waals surface area contributed by atoms with Gasteiger partial charge in [-0.25, -0.2) is 0 Å². The molecule has 0 unspecified atom stereocenters. The minimum Gasteiger partial charge on any atom is -0.310 e. The molecule has 0 aromatic heterocycles. The number of thioether (sulfide) groups is 1. The van der Waals surface area contributed by atoms with Crippen molar-refractivity contribution in [1.29, 1.82) is 5.26 Å². The lowest BCUT2D eigenvalue weighted by atomic mass is 10.1. The Morgan fingerprint density at radius 2 is 1.90 bits per heavy atom. The van der Waals surface area contributed by atoms with Crippen molar-refractivity contribution in [2.45, 2.75) is 36.1 Å². The molecule has 3 heteroatoms. The summed E-state index contributed by atoms with van der Waals surface area (Å²) in [5.74, 6) is 0.898. The minimum absolute atomic E-state index is 0.697. The highest BCUT2D eigenvalue weighted by molar-refractivity contribution is 7.98. The van der Waals surface area contributed by atoms with Gasteiger partial charge in [-0.05, 0) is 36.1 Å². The molecule has 2 aromatic rings. The summed E-state index contributed by atoms with van der Waals surface area (Å²) in [6.45, 7) is 0.864. The van der Waals surface area contributed by atoms with E-state index in [1.165, 1.54) is 24.0 Å². The maximum absolute atomic E-state index is 9.35. The first kappa shape index (κ1) is 14.2. The van der Waals surface area contributed by atoms with Crippen molar-refractivity contribution in [2.75, 3.05) is 0 Å². The van der Waals surface area contributed by atoms with Gasteiger partial charge in [0.05, 0.1) is 5.56 Å². The van der Waals surface area contributed by atoms with E-state index in [1.54, 1.807) is 11.8 Å². The topological polar surface area (TPSA) is 35.8 Å². The Balaban J connectivity index is 1.65. The average Bonchev–Trinajstić information content (AvgIpc) is 3.36. The molecule has 0 spiro atoms. The van der Waals surface area contributed by atoms with Gasteiger partial charge in [-0.1, -0.05) is 36.4 Å². The van der Waals surface area contributed by atoms with E-state index in [0.29, 0.717) is 6.04 Å². The summed E-state index contributed by atoms with van der Waals surface area (Å²) in [5, 5.41) is 12.8. The molecular weight excluding hydrogens is 276 g/mol. The molecule has 0 bridgehead atoms. The third kappa shape index (κ3) is 4.10. The van der Waals surface area contributed by atoms with Gasteiger partial charge in [-0.3, -0.25) is 0 Å². The molecule has 21 heavy (non-hydrogen) atoms. The van der Waals surface area contributed by atoms with Crippen LogP contribution in [0.1, 0.15) is 29.5 Å². The molecule has 1 saturated carbocycles. The molecule has 2 aromatic carbocycles. The van der Waals surface area contributed by atoms with Crippen LogP contribution in [0.15, 0.2) is 53.4 Å². The Labute approximate surface area is 130 Å². The Kier molecular flexibility index (Phi) is 4.59. The third-order valence-electron chi connectivity index (χ3n) is 3.57. The Hall–Kier alpha value is -1.76. The number of benzene rings is 2. The molecular formula is C18H18N2S. The van der Waals surface area contributed by atoms with E-state index in [9.17, 15) is 5.26 Å². The number of hydrogen-bond donors (Lipinski definition) is 1. The molecule has 106 valence electrons. The zero-order chi connectivity index (χ0) is 14.5. The summed E-state index contributed by atoms with van der Waals surface area (Å²) in [4.78, 5) is 1.07. The van der Waals surface area contributed by atoms with Gasteiger partial charge in [0.2, 0.25) is 0 Å². The fourth-order valence-electron chi connectivity index (χ4n) is 2.19. The van der Waals surface area contributed by atoms with E-state index < -0.39 is 0 Å². The van der Waals surface area contributed by atoms with Crippen LogP contribution in [0, 0.1) is 11.3 Å². The Morgan fingerprint density at radius 3 is 2.62 bits per heavy atom. The summed E-state index contributed by atoms with van der Waals surface area (Å²) in [5.41, 5.74) is 3.26. The standard InChI is InChI=1S/C18H18N2S/c19-11-16-10-15(12-20-17-7-8-17)6-9-18(16)21-13-14-4-2-1-3-5-14/h1-6,9-10,17,20H,7-8,12-13H2. The summed E-state index contributed by atoms with van der Waals surface area (Å²) in [6.07, 6.45) is 2.58. The predicted molar refractivity (Wildman–Crippen MR) is 87.0 cm³/mol. The molecule has 1 N–H and O–H groups in total. The van der Waals surface area contributed by atoms with Gasteiger partial charge in [-0.15, -0.1) is 11.8 Å². The van der Waals surface area contributed by atoms with Gasteiger partial charge >= 0.3 is 0 Å². The lowest BCUT2D eigenvalue weighted by molar-refractivity contribution is 0.687. The summed E-state index contributed by atoms with van der Waals surface area (Å²) in [6, 6.07) is 19.6. The molecule has 1 aliphatic rings. The van der Waals surface area contributed by atoms with Gasteiger partial charge in [0, 0.05) is 23.2 Å². The number of hydrogen-bond acceptors (Lipinski definition) is 3. The van der Waals surface area contributed by atoms with E-state index in [4.69, 9.17) is 0 Å². The van der Waals surface area contributed by atoms with E-state index in [0.717, 1.165) is 22.8 Å². The quantitative estimate of drug-likeness (QED) is 0.815. The van der Waals surface area contributed by atoms with Gasteiger partial charge in [-0.2, -0.15) is 5.26 Å². The lowest BCUT2D eigenvalue weighted by Gasteiger charge is -2.08. The summed E-state index contributed by atoms with van der Waals surface area (Å²) in [7, 11) is 0. The molecule has 0 radical (unpaired) electrons. The van der Waals surface area contributed by atoms with Crippen LogP contribution in [-0.4, -0.2) is 6.04 Å². The number of nitrogens with zero attached hydrogens (tertiary/aromatic N) is 1. The molecule has 3 rings (SSSR count).